The fraction of sp³-hybridized carbons (Fsp3) is 0.360. The number of ether oxygens (including phenoxy) is 2. The Balaban J connectivity index is 1.42. The summed E-state index contributed by atoms with van der Waals surface area (Å²) in [6.07, 6.45) is 2.71. The second kappa shape index (κ2) is 11.9. The number of para-hydroxylation sites is 1. The van der Waals surface area contributed by atoms with Crippen LogP contribution in [0.4, 0.5) is 5.69 Å². The number of nitrogens with one attached hydrogen (secondary N) is 1. The lowest BCUT2D eigenvalue weighted by Gasteiger charge is -2.30. The molecule has 2 aromatic carbocycles. The van der Waals surface area contributed by atoms with E-state index >= 15 is 0 Å². The monoisotopic (exact) mass is 545 g/mol. The Morgan fingerprint density at radius 1 is 1.24 bits per heavy atom. The summed E-state index contributed by atoms with van der Waals surface area (Å²) in [6.45, 7) is 4.90. The van der Waals surface area contributed by atoms with E-state index in [0.717, 1.165) is 65.6 Å². The largest absolute Gasteiger partial charge is 0.496 e. The van der Waals surface area contributed by atoms with Crippen LogP contribution in [-0.2, 0) is 14.3 Å². The van der Waals surface area contributed by atoms with Crippen LogP contribution in [0.15, 0.2) is 56.7 Å². The number of carbonyl (C=O) groups excluding carboxylic acids is 2. The van der Waals surface area contributed by atoms with Gasteiger partial charge < -0.3 is 14.8 Å². The van der Waals surface area contributed by atoms with Gasteiger partial charge in [-0.3, -0.25) is 19.4 Å². The third-order valence-electron chi connectivity index (χ3n) is 5.68. The van der Waals surface area contributed by atoms with Gasteiger partial charge in [-0.2, -0.15) is 0 Å². The van der Waals surface area contributed by atoms with Crippen LogP contribution in [0.3, 0.4) is 0 Å². The molecule has 2 amide bonds. The van der Waals surface area contributed by atoms with Crippen molar-refractivity contribution in [2.24, 2.45) is 0 Å². The van der Waals surface area contributed by atoms with Gasteiger partial charge in [0.25, 0.3) is 5.91 Å². The van der Waals surface area contributed by atoms with E-state index in [0.29, 0.717) is 11.4 Å². The third-order valence-corrected chi connectivity index (χ3v) is 7.38. The molecule has 34 heavy (non-hydrogen) atoms. The molecule has 1 saturated heterocycles. The summed E-state index contributed by atoms with van der Waals surface area (Å²) in [5.74, 6) is 0.379. The van der Waals surface area contributed by atoms with E-state index in [9.17, 15) is 9.59 Å². The summed E-state index contributed by atoms with van der Waals surface area (Å²) in [7, 11) is 1.61. The second-order valence-corrected chi connectivity index (χ2v) is 9.96. The molecule has 4 rings (SSSR count). The fourth-order valence-electron chi connectivity index (χ4n) is 3.90. The number of amides is 2. The molecule has 2 aliphatic rings. The standard InChI is InChI=1S/C25H28BrN3O4S/c1-32-21-8-7-18(15-19(21)26)16-23-25(31)29(20-5-2-3-6-22(20)34-23)17-24(30)27-9-4-10-28-11-13-33-14-12-28/h2-3,5-8,15-16H,4,9-14,17H2,1H3,(H,27,30)/b23-16-. The van der Waals surface area contributed by atoms with Gasteiger partial charge in [-0.15, -0.1) is 0 Å². The molecule has 0 radical (unpaired) electrons. The maximum Gasteiger partial charge on any atom is 0.265 e. The molecule has 1 fully saturated rings. The van der Waals surface area contributed by atoms with Gasteiger partial charge in [0, 0.05) is 24.5 Å². The highest BCUT2D eigenvalue weighted by Crippen LogP contribution is 2.42. The van der Waals surface area contributed by atoms with E-state index in [2.05, 4.69) is 26.1 Å². The number of rotatable bonds is 8. The van der Waals surface area contributed by atoms with Crippen molar-refractivity contribution in [3.63, 3.8) is 0 Å². The molecule has 180 valence electrons. The molecule has 2 heterocycles. The van der Waals surface area contributed by atoms with Crippen molar-refractivity contribution in [3.8, 4) is 5.75 Å². The van der Waals surface area contributed by atoms with E-state index in [1.54, 1.807) is 12.0 Å². The number of thioether (sulfide) groups is 1. The smallest absolute Gasteiger partial charge is 0.265 e. The number of benzene rings is 2. The van der Waals surface area contributed by atoms with Crippen molar-refractivity contribution >= 4 is 51.3 Å². The first-order chi connectivity index (χ1) is 16.5. The van der Waals surface area contributed by atoms with Crippen molar-refractivity contribution < 1.29 is 19.1 Å². The molecule has 7 nitrogen and oxygen atoms in total. The molecular formula is C25H28BrN3O4S. The van der Waals surface area contributed by atoms with Gasteiger partial charge in [-0.1, -0.05) is 30.0 Å². The van der Waals surface area contributed by atoms with Gasteiger partial charge in [0.2, 0.25) is 5.91 Å². The Bertz CT molecular complexity index is 1070. The average Bonchev–Trinajstić information content (AvgIpc) is 2.85. The molecule has 1 N–H and O–H groups in total. The summed E-state index contributed by atoms with van der Waals surface area (Å²) in [5.41, 5.74) is 1.63. The van der Waals surface area contributed by atoms with Crippen LogP contribution in [0.1, 0.15) is 12.0 Å². The maximum atomic E-state index is 13.4. The Hall–Kier alpha value is -2.33. The number of carbonyl (C=O) groups is 2. The van der Waals surface area contributed by atoms with Gasteiger partial charge in [0.1, 0.15) is 12.3 Å². The van der Waals surface area contributed by atoms with Gasteiger partial charge in [-0.05, 0) is 64.8 Å². The van der Waals surface area contributed by atoms with Gasteiger partial charge in [0.15, 0.2) is 0 Å². The molecule has 2 aliphatic heterocycles. The summed E-state index contributed by atoms with van der Waals surface area (Å²) in [5, 5.41) is 2.97. The summed E-state index contributed by atoms with van der Waals surface area (Å²) < 4.78 is 11.5. The van der Waals surface area contributed by atoms with Crippen LogP contribution in [0.5, 0.6) is 5.75 Å². The van der Waals surface area contributed by atoms with E-state index in [-0.39, 0.29) is 18.4 Å². The van der Waals surface area contributed by atoms with Crippen molar-refractivity contribution in [1.82, 2.24) is 10.2 Å². The molecule has 0 saturated carbocycles. The number of halogens is 1. The number of hydrogen-bond donors (Lipinski definition) is 1. The van der Waals surface area contributed by atoms with Gasteiger partial charge in [-0.25, -0.2) is 0 Å². The minimum absolute atomic E-state index is 0.0163. The molecule has 0 atom stereocenters. The maximum absolute atomic E-state index is 13.4. The normalized spacial score (nSPS) is 17.5. The molecular weight excluding hydrogens is 518 g/mol. The van der Waals surface area contributed by atoms with E-state index in [1.165, 1.54) is 11.8 Å². The van der Waals surface area contributed by atoms with Gasteiger partial charge >= 0.3 is 0 Å². The van der Waals surface area contributed by atoms with Crippen LogP contribution in [-0.4, -0.2) is 69.8 Å². The Morgan fingerprint density at radius 3 is 2.79 bits per heavy atom. The molecule has 0 unspecified atom stereocenters. The lowest BCUT2D eigenvalue weighted by Crippen LogP contribution is -2.43. The minimum Gasteiger partial charge on any atom is -0.496 e. The van der Waals surface area contributed by atoms with Gasteiger partial charge in [0.05, 0.1) is 35.4 Å². The highest BCUT2D eigenvalue weighted by atomic mass is 79.9. The molecule has 2 aromatic rings. The fourth-order valence-corrected chi connectivity index (χ4v) is 5.51. The highest BCUT2D eigenvalue weighted by Gasteiger charge is 2.30. The Labute approximate surface area is 212 Å². The molecule has 0 spiro atoms. The average molecular weight is 546 g/mol. The summed E-state index contributed by atoms with van der Waals surface area (Å²) >= 11 is 4.91. The molecule has 0 bridgehead atoms. The third kappa shape index (κ3) is 6.21. The number of morpholine rings is 1. The van der Waals surface area contributed by atoms with Crippen molar-refractivity contribution in [3.05, 3.63) is 57.4 Å². The van der Waals surface area contributed by atoms with Crippen LogP contribution in [0.2, 0.25) is 0 Å². The van der Waals surface area contributed by atoms with Crippen LogP contribution < -0.4 is 15.0 Å². The lowest BCUT2D eigenvalue weighted by atomic mass is 10.2. The van der Waals surface area contributed by atoms with Crippen LogP contribution in [0.25, 0.3) is 6.08 Å². The lowest BCUT2D eigenvalue weighted by molar-refractivity contribution is -0.122. The zero-order valence-corrected chi connectivity index (χ0v) is 21.5. The SMILES string of the molecule is COc1ccc(/C=C2\Sc3ccccc3N(CC(=O)NCCCN3CCOCC3)C2=O)cc1Br. The van der Waals surface area contributed by atoms with E-state index in [4.69, 9.17) is 9.47 Å². The van der Waals surface area contributed by atoms with Crippen LogP contribution in [0, 0.1) is 0 Å². The minimum atomic E-state index is -0.181. The number of nitrogens with zero attached hydrogens (tertiary/aromatic N) is 2. The number of hydrogen-bond acceptors (Lipinski definition) is 6. The first-order valence-corrected chi connectivity index (χ1v) is 12.9. The summed E-state index contributed by atoms with van der Waals surface area (Å²) in [6, 6.07) is 13.3. The van der Waals surface area contributed by atoms with Crippen molar-refractivity contribution in [1.29, 1.82) is 0 Å². The highest BCUT2D eigenvalue weighted by molar-refractivity contribution is 9.10. The number of methoxy groups -OCH3 is 1. The second-order valence-electron chi connectivity index (χ2n) is 8.02. The van der Waals surface area contributed by atoms with E-state index < -0.39 is 0 Å². The predicted molar refractivity (Wildman–Crippen MR) is 138 cm³/mol. The van der Waals surface area contributed by atoms with Crippen molar-refractivity contribution in [2.45, 2.75) is 11.3 Å². The number of anilines is 1. The van der Waals surface area contributed by atoms with Crippen molar-refractivity contribution in [2.75, 3.05) is 57.9 Å². The van der Waals surface area contributed by atoms with Crippen LogP contribution >= 0.6 is 27.7 Å². The Kier molecular flexibility index (Phi) is 8.66. The number of fused-ring (bicyclic) bond motifs is 1. The molecule has 0 aliphatic carbocycles. The predicted octanol–water partition coefficient (Wildman–Crippen LogP) is 3.78. The topological polar surface area (TPSA) is 71.1 Å². The van der Waals surface area contributed by atoms with E-state index in [1.807, 2.05) is 48.5 Å². The molecule has 9 heteroatoms. The first kappa shape index (κ1) is 24.8. The molecule has 0 aromatic heterocycles. The first-order valence-electron chi connectivity index (χ1n) is 11.3. The zero-order chi connectivity index (χ0) is 23.9. The zero-order valence-electron chi connectivity index (χ0n) is 19.1. The Morgan fingerprint density at radius 2 is 2.03 bits per heavy atom. The quantitative estimate of drug-likeness (QED) is 0.402. The summed E-state index contributed by atoms with van der Waals surface area (Å²) in [4.78, 5) is 31.5.